The number of carbonyl (C=O) groups excluding carboxylic acids is 1. The number of furan rings is 1. The van der Waals surface area contributed by atoms with E-state index in [2.05, 4.69) is 5.32 Å². The fourth-order valence-electron chi connectivity index (χ4n) is 2.00. The van der Waals surface area contributed by atoms with Gasteiger partial charge in [-0.25, -0.2) is 4.79 Å². The van der Waals surface area contributed by atoms with Crippen molar-refractivity contribution in [1.29, 1.82) is 0 Å². The number of para-hydroxylation sites is 2. The van der Waals surface area contributed by atoms with Gasteiger partial charge in [-0.15, -0.1) is 0 Å². The van der Waals surface area contributed by atoms with Crippen molar-refractivity contribution in [2.24, 2.45) is 0 Å². The molecule has 0 aliphatic rings. The van der Waals surface area contributed by atoms with Gasteiger partial charge in [0.25, 0.3) is 5.91 Å². The van der Waals surface area contributed by atoms with Crippen molar-refractivity contribution < 1.29 is 13.6 Å². The predicted octanol–water partition coefficient (Wildman–Crippen LogP) is 1.62. The lowest BCUT2D eigenvalue weighted by molar-refractivity contribution is 0.0924. The number of fused-ring (bicyclic) bond motifs is 1. The van der Waals surface area contributed by atoms with Gasteiger partial charge >= 0.3 is 5.76 Å². The number of nitrogens with one attached hydrogen (secondary N) is 1. The van der Waals surface area contributed by atoms with E-state index in [1.54, 1.807) is 30.3 Å². The maximum absolute atomic E-state index is 11.7. The molecule has 3 aromatic rings. The number of nitrogens with zero attached hydrogens (tertiary/aromatic N) is 1. The molecule has 1 aromatic carbocycles. The summed E-state index contributed by atoms with van der Waals surface area (Å²) in [6, 6.07) is 10.4. The lowest BCUT2D eigenvalue weighted by Gasteiger charge is -2.03. The molecule has 0 atom stereocenters. The Morgan fingerprint density at radius 2 is 2.05 bits per heavy atom. The van der Waals surface area contributed by atoms with Crippen molar-refractivity contribution in [1.82, 2.24) is 9.88 Å². The Labute approximate surface area is 113 Å². The highest BCUT2D eigenvalue weighted by atomic mass is 16.4. The molecule has 0 saturated carbocycles. The van der Waals surface area contributed by atoms with Gasteiger partial charge in [0.1, 0.15) is 0 Å². The van der Waals surface area contributed by atoms with Crippen LogP contribution in [0.25, 0.3) is 11.1 Å². The summed E-state index contributed by atoms with van der Waals surface area (Å²) in [5.74, 6) is -0.497. The van der Waals surface area contributed by atoms with Crippen LogP contribution in [-0.4, -0.2) is 17.0 Å². The van der Waals surface area contributed by atoms with Gasteiger partial charge in [0.05, 0.1) is 11.8 Å². The minimum Gasteiger partial charge on any atom is -0.459 e. The van der Waals surface area contributed by atoms with Gasteiger partial charge in [0, 0.05) is 13.1 Å². The summed E-state index contributed by atoms with van der Waals surface area (Å²) in [5, 5.41) is 2.68. The standard InChI is InChI=1S/C14H12N2O4/c17-13(12-6-3-9-19-12)15-7-8-16-10-4-1-2-5-11(10)20-14(16)18/h1-6,9H,7-8H2,(H,15,17). The normalized spacial score (nSPS) is 10.8. The monoisotopic (exact) mass is 272 g/mol. The summed E-state index contributed by atoms with van der Waals surface area (Å²) in [5.41, 5.74) is 1.25. The molecule has 20 heavy (non-hydrogen) atoms. The molecular weight excluding hydrogens is 260 g/mol. The topological polar surface area (TPSA) is 77.4 Å². The van der Waals surface area contributed by atoms with E-state index in [0.29, 0.717) is 24.2 Å². The van der Waals surface area contributed by atoms with Gasteiger partial charge < -0.3 is 14.2 Å². The molecule has 0 bridgehead atoms. The van der Waals surface area contributed by atoms with Crippen LogP contribution in [0, 0.1) is 0 Å². The Morgan fingerprint density at radius 3 is 2.85 bits per heavy atom. The molecular formula is C14H12N2O4. The summed E-state index contributed by atoms with van der Waals surface area (Å²) in [7, 11) is 0. The summed E-state index contributed by atoms with van der Waals surface area (Å²) in [4.78, 5) is 23.4. The third-order valence-corrected chi connectivity index (χ3v) is 2.94. The van der Waals surface area contributed by atoms with Crippen LogP contribution >= 0.6 is 0 Å². The SMILES string of the molecule is O=C(NCCn1c(=O)oc2ccccc21)c1ccco1. The van der Waals surface area contributed by atoms with E-state index in [0.717, 1.165) is 0 Å². The van der Waals surface area contributed by atoms with E-state index < -0.39 is 5.76 Å². The van der Waals surface area contributed by atoms with E-state index in [1.165, 1.54) is 10.8 Å². The van der Waals surface area contributed by atoms with Crippen LogP contribution in [0.15, 0.2) is 56.3 Å². The predicted molar refractivity (Wildman–Crippen MR) is 71.5 cm³/mol. The van der Waals surface area contributed by atoms with Gasteiger partial charge in [-0.2, -0.15) is 0 Å². The van der Waals surface area contributed by atoms with Crippen molar-refractivity contribution in [3.8, 4) is 0 Å². The van der Waals surface area contributed by atoms with Crippen LogP contribution in [0.3, 0.4) is 0 Å². The first-order valence-corrected chi connectivity index (χ1v) is 6.16. The van der Waals surface area contributed by atoms with E-state index in [4.69, 9.17) is 8.83 Å². The molecule has 2 aromatic heterocycles. The zero-order chi connectivity index (χ0) is 13.9. The summed E-state index contributed by atoms with van der Waals surface area (Å²) in [6.45, 7) is 0.644. The zero-order valence-corrected chi connectivity index (χ0v) is 10.5. The van der Waals surface area contributed by atoms with Crippen molar-refractivity contribution in [3.05, 3.63) is 59.0 Å². The second kappa shape index (κ2) is 5.08. The summed E-state index contributed by atoms with van der Waals surface area (Å²) < 4.78 is 11.6. The fourth-order valence-corrected chi connectivity index (χ4v) is 2.00. The third kappa shape index (κ3) is 2.23. The van der Waals surface area contributed by atoms with Crippen LogP contribution in [-0.2, 0) is 6.54 Å². The molecule has 0 radical (unpaired) electrons. The number of amides is 1. The van der Waals surface area contributed by atoms with E-state index in [-0.39, 0.29) is 11.7 Å². The van der Waals surface area contributed by atoms with Crippen LogP contribution in [0.4, 0.5) is 0 Å². The summed E-state index contributed by atoms with van der Waals surface area (Å²) in [6.07, 6.45) is 1.43. The molecule has 6 heteroatoms. The highest BCUT2D eigenvalue weighted by molar-refractivity contribution is 5.91. The fraction of sp³-hybridized carbons (Fsp3) is 0.143. The number of hydrogen-bond acceptors (Lipinski definition) is 4. The minimum absolute atomic E-state index is 0.245. The van der Waals surface area contributed by atoms with Gasteiger partial charge in [-0.3, -0.25) is 9.36 Å². The van der Waals surface area contributed by atoms with Gasteiger partial charge in [0.15, 0.2) is 11.3 Å². The number of carbonyl (C=O) groups is 1. The van der Waals surface area contributed by atoms with Crippen LogP contribution in [0.1, 0.15) is 10.6 Å². The Morgan fingerprint density at radius 1 is 1.20 bits per heavy atom. The number of hydrogen-bond donors (Lipinski definition) is 1. The number of aromatic nitrogens is 1. The average molecular weight is 272 g/mol. The molecule has 6 nitrogen and oxygen atoms in total. The Hall–Kier alpha value is -2.76. The van der Waals surface area contributed by atoms with Gasteiger partial charge in [0.2, 0.25) is 0 Å². The van der Waals surface area contributed by atoms with Crippen LogP contribution in [0.2, 0.25) is 0 Å². The second-order valence-electron chi connectivity index (χ2n) is 4.22. The molecule has 0 spiro atoms. The highest BCUT2D eigenvalue weighted by Crippen LogP contribution is 2.11. The first-order chi connectivity index (χ1) is 9.75. The van der Waals surface area contributed by atoms with Crippen LogP contribution in [0.5, 0.6) is 0 Å². The maximum atomic E-state index is 11.7. The summed E-state index contributed by atoms with van der Waals surface area (Å²) >= 11 is 0. The lowest BCUT2D eigenvalue weighted by atomic mass is 10.3. The average Bonchev–Trinajstić information content (AvgIpc) is 3.07. The molecule has 0 aliphatic heterocycles. The quantitative estimate of drug-likeness (QED) is 0.782. The Bertz CT molecular complexity index is 783. The van der Waals surface area contributed by atoms with Gasteiger partial charge in [-0.05, 0) is 24.3 Å². The molecule has 102 valence electrons. The molecule has 0 aliphatic carbocycles. The van der Waals surface area contributed by atoms with E-state index in [1.807, 2.05) is 6.07 Å². The smallest absolute Gasteiger partial charge is 0.420 e. The molecule has 1 amide bonds. The molecule has 0 unspecified atom stereocenters. The zero-order valence-electron chi connectivity index (χ0n) is 10.5. The van der Waals surface area contributed by atoms with E-state index >= 15 is 0 Å². The Balaban J connectivity index is 1.70. The minimum atomic E-state index is -0.432. The Kier molecular flexibility index (Phi) is 3.12. The maximum Gasteiger partial charge on any atom is 0.420 e. The van der Waals surface area contributed by atoms with Crippen molar-refractivity contribution in [2.45, 2.75) is 6.54 Å². The first kappa shape index (κ1) is 12.3. The van der Waals surface area contributed by atoms with Crippen molar-refractivity contribution in [2.75, 3.05) is 6.54 Å². The lowest BCUT2D eigenvalue weighted by Crippen LogP contribution is -2.29. The first-order valence-electron chi connectivity index (χ1n) is 6.16. The number of oxazole rings is 1. The molecule has 0 saturated heterocycles. The number of benzene rings is 1. The molecule has 0 fully saturated rings. The van der Waals surface area contributed by atoms with E-state index in [9.17, 15) is 9.59 Å². The second-order valence-corrected chi connectivity index (χ2v) is 4.22. The van der Waals surface area contributed by atoms with Crippen molar-refractivity contribution >= 4 is 17.0 Å². The molecule has 2 heterocycles. The third-order valence-electron chi connectivity index (χ3n) is 2.94. The highest BCUT2D eigenvalue weighted by Gasteiger charge is 2.10. The number of rotatable bonds is 4. The molecule has 1 N–H and O–H groups in total. The van der Waals surface area contributed by atoms with Gasteiger partial charge in [-0.1, -0.05) is 12.1 Å². The van der Waals surface area contributed by atoms with Crippen LogP contribution < -0.4 is 11.1 Å². The van der Waals surface area contributed by atoms with Crippen molar-refractivity contribution in [3.63, 3.8) is 0 Å². The molecule has 3 rings (SSSR count). The largest absolute Gasteiger partial charge is 0.459 e.